The second kappa shape index (κ2) is 7.71. The number of nitrogens with one attached hydrogen (secondary N) is 1. The zero-order chi connectivity index (χ0) is 18.6. The first-order valence-corrected chi connectivity index (χ1v) is 9.50. The second-order valence-corrected chi connectivity index (χ2v) is 6.97. The summed E-state index contributed by atoms with van der Waals surface area (Å²) >= 11 is 1.60. The highest BCUT2D eigenvalue weighted by atomic mass is 32.1. The van der Waals surface area contributed by atoms with Gasteiger partial charge in [0.05, 0.1) is 11.3 Å². The van der Waals surface area contributed by atoms with Gasteiger partial charge in [-0.3, -0.25) is 4.79 Å². The monoisotopic (exact) mass is 383 g/mol. The summed E-state index contributed by atoms with van der Waals surface area (Å²) in [6.07, 6.45) is 3.37. The SMILES string of the molecule is O=C(c1cccnc1Nc1ccccc1F)N1CCN(c2nccs2)CC1. The third-order valence-electron chi connectivity index (χ3n) is 4.42. The molecule has 1 amide bonds. The zero-order valence-electron chi connectivity index (χ0n) is 14.5. The minimum atomic E-state index is -0.390. The minimum absolute atomic E-state index is 0.110. The van der Waals surface area contributed by atoms with Crippen molar-refractivity contribution in [1.82, 2.24) is 14.9 Å². The molecule has 0 atom stereocenters. The average molecular weight is 383 g/mol. The van der Waals surface area contributed by atoms with Gasteiger partial charge in [0.15, 0.2) is 5.13 Å². The van der Waals surface area contributed by atoms with Crippen LogP contribution in [0, 0.1) is 5.82 Å². The van der Waals surface area contributed by atoms with Gasteiger partial charge in [0.1, 0.15) is 11.6 Å². The van der Waals surface area contributed by atoms with Crippen molar-refractivity contribution in [3.05, 3.63) is 65.6 Å². The van der Waals surface area contributed by atoms with E-state index in [1.807, 2.05) is 5.38 Å². The van der Waals surface area contributed by atoms with Crippen molar-refractivity contribution in [3.8, 4) is 0 Å². The number of thiazole rings is 1. The number of nitrogens with zero attached hydrogens (tertiary/aromatic N) is 4. The van der Waals surface area contributed by atoms with Crippen LogP contribution >= 0.6 is 11.3 Å². The molecule has 3 heterocycles. The number of aromatic nitrogens is 2. The van der Waals surface area contributed by atoms with Crippen LogP contribution in [0.5, 0.6) is 0 Å². The molecule has 1 N–H and O–H groups in total. The summed E-state index contributed by atoms with van der Waals surface area (Å²) in [6, 6.07) is 9.76. The third kappa shape index (κ3) is 3.75. The lowest BCUT2D eigenvalue weighted by Crippen LogP contribution is -2.48. The smallest absolute Gasteiger partial charge is 0.257 e. The van der Waals surface area contributed by atoms with Crippen LogP contribution in [0.1, 0.15) is 10.4 Å². The van der Waals surface area contributed by atoms with Crippen LogP contribution in [0.15, 0.2) is 54.2 Å². The highest BCUT2D eigenvalue weighted by molar-refractivity contribution is 7.13. The van der Waals surface area contributed by atoms with Gasteiger partial charge in [0.25, 0.3) is 5.91 Å². The quantitative estimate of drug-likeness (QED) is 0.748. The second-order valence-electron chi connectivity index (χ2n) is 6.10. The van der Waals surface area contributed by atoms with E-state index in [1.165, 1.54) is 6.07 Å². The lowest BCUT2D eigenvalue weighted by molar-refractivity contribution is 0.0747. The number of hydrogen-bond donors (Lipinski definition) is 1. The maximum atomic E-state index is 13.9. The zero-order valence-corrected chi connectivity index (χ0v) is 15.3. The molecule has 8 heteroatoms. The van der Waals surface area contributed by atoms with E-state index in [1.54, 1.807) is 59.0 Å². The van der Waals surface area contributed by atoms with E-state index >= 15 is 0 Å². The molecule has 0 aliphatic carbocycles. The largest absolute Gasteiger partial charge is 0.345 e. The number of carbonyl (C=O) groups excluding carboxylic acids is 1. The molecular formula is C19H18FN5OS. The molecule has 6 nitrogen and oxygen atoms in total. The Morgan fingerprint density at radius 2 is 1.85 bits per heavy atom. The molecule has 0 spiro atoms. The number of hydrogen-bond acceptors (Lipinski definition) is 6. The Morgan fingerprint density at radius 3 is 2.59 bits per heavy atom. The van der Waals surface area contributed by atoms with Crippen LogP contribution in [0.2, 0.25) is 0 Å². The normalized spacial score (nSPS) is 14.3. The molecule has 0 saturated carbocycles. The van der Waals surface area contributed by atoms with Gasteiger partial charge in [-0.25, -0.2) is 14.4 Å². The van der Waals surface area contributed by atoms with Crippen LogP contribution in [0.3, 0.4) is 0 Å². The highest BCUT2D eigenvalue weighted by Crippen LogP contribution is 2.24. The van der Waals surface area contributed by atoms with Gasteiger partial charge >= 0.3 is 0 Å². The van der Waals surface area contributed by atoms with Gasteiger partial charge in [-0.15, -0.1) is 11.3 Å². The van der Waals surface area contributed by atoms with Gasteiger partial charge in [0, 0.05) is 44.0 Å². The number of halogens is 1. The van der Waals surface area contributed by atoms with Gasteiger partial charge < -0.3 is 15.1 Å². The van der Waals surface area contributed by atoms with Crippen LogP contribution < -0.4 is 10.2 Å². The van der Waals surface area contributed by atoms with Crippen molar-refractivity contribution in [2.45, 2.75) is 0 Å². The summed E-state index contributed by atoms with van der Waals surface area (Å²) in [5, 5.41) is 5.86. The number of pyridine rings is 1. The van der Waals surface area contributed by atoms with Crippen LogP contribution in [-0.4, -0.2) is 47.0 Å². The highest BCUT2D eigenvalue weighted by Gasteiger charge is 2.25. The Morgan fingerprint density at radius 1 is 1.04 bits per heavy atom. The van der Waals surface area contributed by atoms with Gasteiger partial charge in [0.2, 0.25) is 0 Å². The molecule has 1 fully saturated rings. The van der Waals surface area contributed by atoms with Crippen LogP contribution in [0.25, 0.3) is 0 Å². The molecular weight excluding hydrogens is 365 g/mol. The summed E-state index contributed by atoms with van der Waals surface area (Å²) in [5.74, 6) is -0.144. The molecule has 0 bridgehead atoms. The molecule has 27 heavy (non-hydrogen) atoms. The molecule has 1 aromatic carbocycles. The summed E-state index contributed by atoms with van der Waals surface area (Å²) in [4.78, 5) is 25.6. The van der Waals surface area contributed by atoms with Crippen molar-refractivity contribution in [3.63, 3.8) is 0 Å². The van der Waals surface area contributed by atoms with E-state index in [9.17, 15) is 9.18 Å². The topological polar surface area (TPSA) is 61.4 Å². The van der Waals surface area contributed by atoms with Crippen molar-refractivity contribution in [2.75, 3.05) is 36.4 Å². The minimum Gasteiger partial charge on any atom is -0.345 e. The molecule has 0 unspecified atom stereocenters. The third-order valence-corrected chi connectivity index (χ3v) is 5.25. The summed E-state index contributed by atoms with van der Waals surface area (Å²) < 4.78 is 13.9. The molecule has 4 rings (SSSR count). The van der Waals surface area contributed by atoms with E-state index in [0.717, 1.165) is 18.2 Å². The number of carbonyl (C=O) groups is 1. The molecule has 2 aromatic heterocycles. The van der Waals surface area contributed by atoms with Crippen LogP contribution in [-0.2, 0) is 0 Å². The molecule has 0 radical (unpaired) electrons. The van der Waals surface area contributed by atoms with Gasteiger partial charge in [-0.1, -0.05) is 12.1 Å². The maximum absolute atomic E-state index is 13.9. The number of rotatable bonds is 4. The lowest BCUT2D eigenvalue weighted by atomic mass is 10.2. The summed E-state index contributed by atoms with van der Waals surface area (Å²) in [7, 11) is 0. The molecule has 1 aliphatic heterocycles. The van der Waals surface area contributed by atoms with Crippen molar-refractivity contribution >= 4 is 33.9 Å². The first kappa shape index (κ1) is 17.4. The standard InChI is InChI=1S/C19H18FN5OS/c20-15-5-1-2-6-16(15)23-17-14(4-3-7-21-17)18(26)24-9-11-25(12-10-24)19-22-8-13-27-19/h1-8,13H,9-12H2,(H,21,23). The predicted octanol–water partition coefficient (Wildman–Crippen LogP) is 3.38. The van der Waals surface area contributed by atoms with Crippen molar-refractivity contribution < 1.29 is 9.18 Å². The first-order chi connectivity index (χ1) is 13.2. The Kier molecular flexibility index (Phi) is 4.97. The molecule has 138 valence electrons. The van der Waals surface area contributed by atoms with Gasteiger partial charge in [-0.2, -0.15) is 0 Å². The Balaban J connectivity index is 1.49. The number of anilines is 3. The maximum Gasteiger partial charge on any atom is 0.257 e. The fourth-order valence-electron chi connectivity index (χ4n) is 3.01. The van der Waals surface area contributed by atoms with Crippen LogP contribution in [0.4, 0.5) is 21.0 Å². The number of amides is 1. The number of benzene rings is 1. The fraction of sp³-hybridized carbons (Fsp3) is 0.211. The van der Waals surface area contributed by atoms with E-state index in [0.29, 0.717) is 30.2 Å². The fourth-order valence-corrected chi connectivity index (χ4v) is 3.71. The number of para-hydroxylation sites is 1. The van der Waals surface area contributed by atoms with E-state index in [2.05, 4.69) is 20.2 Å². The van der Waals surface area contributed by atoms with E-state index in [4.69, 9.17) is 0 Å². The van der Waals surface area contributed by atoms with E-state index < -0.39 is 5.82 Å². The molecule has 1 saturated heterocycles. The number of piperazine rings is 1. The van der Waals surface area contributed by atoms with Gasteiger partial charge in [-0.05, 0) is 24.3 Å². The predicted molar refractivity (Wildman–Crippen MR) is 104 cm³/mol. The first-order valence-electron chi connectivity index (χ1n) is 8.62. The lowest BCUT2D eigenvalue weighted by Gasteiger charge is -2.34. The average Bonchev–Trinajstić information content (AvgIpc) is 3.25. The molecule has 3 aromatic rings. The Bertz CT molecular complexity index is 925. The Hall–Kier alpha value is -3.00. The summed E-state index contributed by atoms with van der Waals surface area (Å²) in [5.41, 5.74) is 0.724. The Labute approximate surface area is 160 Å². The molecule has 1 aliphatic rings. The summed E-state index contributed by atoms with van der Waals surface area (Å²) in [6.45, 7) is 2.67. The van der Waals surface area contributed by atoms with E-state index in [-0.39, 0.29) is 5.91 Å². The van der Waals surface area contributed by atoms with Crippen molar-refractivity contribution in [2.24, 2.45) is 0 Å². The van der Waals surface area contributed by atoms with Crippen molar-refractivity contribution in [1.29, 1.82) is 0 Å².